The van der Waals surface area contributed by atoms with Crippen LogP contribution in [0, 0.1) is 5.82 Å². The summed E-state index contributed by atoms with van der Waals surface area (Å²) in [7, 11) is 1.30. The van der Waals surface area contributed by atoms with Crippen LogP contribution in [0.5, 0.6) is 0 Å². The van der Waals surface area contributed by atoms with Gasteiger partial charge in [0.15, 0.2) is 0 Å². The first-order valence-electron chi connectivity index (χ1n) is 9.69. The van der Waals surface area contributed by atoms with Gasteiger partial charge < -0.3 is 4.74 Å². The molecule has 2 heterocycles. The van der Waals surface area contributed by atoms with Gasteiger partial charge in [0.2, 0.25) is 0 Å². The average molecular weight is 428 g/mol. The van der Waals surface area contributed by atoms with E-state index in [1.54, 1.807) is 12.1 Å². The van der Waals surface area contributed by atoms with Gasteiger partial charge in [0.25, 0.3) is 0 Å². The third-order valence-corrected chi connectivity index (χ3v) is 6.27. The van der Waals surface area contributed by atoms with Crippen molar-refractivity contribution in [1.82, 2.24) is 9.97 Å². The molecular formula is C25H17FN2O2S. The maximum absolute atomic E-state index is 14.8. The van der Waals surface area contributed by atoms with Crippen LogP contribution in [0.1, 0.15) is 16.8 Å². The van der Waals surface area contributed by atoms with Gasteiger partial charge in [-0.15, -0.1) is 0 Å². The third kappa shape index (κ3) is 3.55. The van der Waals surface area contributed by atoms with E-state index in [-0.39, 0.29) is 5.41 Å². The number of ether oxygens (including phenoxy) is 1. The maximum Gasteiger partial charge on any atom is 0.330 e. The topological polar surface area (TPSA) is 52.1 Å². The SMILES string of the molecule is COC(=O)C=Cc1ccc(-c2nc3ccc(C4(c5ccccc5)C=C4)nc3s2)c(F)c1. The lowest BCUT2D eigenvalue weighted by atomic mass is 9.89. The van der Waals surface area contributed by atoms with Gasteiger partial charge >= 0.3 is 5.97 Å². The van der Waals surface area contributed by atoms with Crippen LogP contribution >= 0.6 is 11.3 Å². The normalized spacial score (nSPS) is 14.3. The van der Waals surface area contributed by atoms with Crippen molar-refractivity contribution in [2.75, 3.05) is 7.11 Å². The number of aromatic nitrogens is 2. The Balaban J connectivity index is 1.47. The van der Waals surface area contributed by atoms with Crippen LogP contribution in [0.3, 0.4) is 0 Å². The molecule has 1 aliphatic rings. The van der Waals surface area contributed by atoms with Gasteiger partial charge in [-0.2, -0.15) is 0 Å². The molecule has 0 amide bonds. The van der Waals surface area contributed by atoms with Crippen LogP contribution in [-0.4, -0.2) is 23.0 Å². The van der Waals surface area contributed by atoms with Crippen LogP contribution in [0.4, 0.5) is 4.39 Å². The van der Waals surface area contributed by atoms with Crippen LogP contribution in [0.2, 0.25) is 0 Å². The summed E-state index contributed by atoms with van der Waals surface area (Å²) in [5, 5.41) is 0.568. The summed E-state index contributed by atoms with van der Waals surface area (Å²) < 4.78 is 19.3. The number of hydrogen-bond acceptors (Lipinski definition) is 5. The molecule has 2 aromatic heterocycles. The summed E-state index contributed by atoms with van der Waals surface area (Å²) in [6.07, 6.45) is 7.04. The van der Waals surface area contributed by atoms with Crippen molar-refractivity contribution in [3.8, 4) is 10.6 Å². The Morgan fingerprint density at radius 1 is 1.06 bits per heavy atom. The summed E-state index contributed by atoms with van der Waals surface area (Å²) >= 11 is 1.36. The molecule has 0 bridgehead atoms. The number of rotatable bonds is 5. The Labute approximate surface area is 182 Å². The first kappa shape index (κ1) is 19.3. The van der Waals surface area contributed by atoms with E-state index in [1.807, 2.05) is 30.3 Å². The van der Waals surface area contributed by atoms with Gasteiger partial charge in [-0.1, -0.05) is 59.9 Å². The fourth-order valence-electron chi connectivity index (χ4n) is 3.51. The molecule has 2 aromatic carbocycles. The van der Waals surface area contributed by atoms with Gasteiger partial charge in [-0.25, -0.2) is 19.2 Å². The number of pyridine rings is 1. The Morgan fingerprint density at radius 2 is 1.87 bits per heavy atom. The highest BCUT2D eigenvalue weighted by molar-refractivity contribution is 7.21. The van der Waals surface area contributed by atoms with Crippen molar-refractivity contribution in [3.05, 3.63) is 102 Å². The van der Waals surface area contributed by atoms with Gasteiger partial charge in [-0.3, -0.25) is 0 Å². The Kier molecular flexibility index (Phi) is 4.71. The predicted molar refractivity (Wildman–Crippen MR) is 120 cm³/mol. The van der Waals surface area contributed by atoms with Crippen LogP contribution < -0.4 is 0 Å². The second-order valence-electron chi connectivity index (χ2n) is 7.20. The second kappa shape index (κ2) is 7.56. The molecule has 0 fully saturated rings. The zero-order valence-electron chi connectivity index (χ0n) is 16.6. The van der Waals surface area contributed by atoms with E-state index in [9.17, 15) is 9.18 Å². The number of allylic oxidation sites excluding steroid dienone is 2. The number of nitrogens with zero attached hydrogens (tertiary/aromatic N) is 2. The van der Waals surface area contributed by atoms with Crippen LogP contribution in [-0.2, 0) is 14.9 Å². The molecule has 0 saturated carbocycles. The second-order valence-corrected chi connectivity index (χ2v) is 8.18. The summed E-state index contributed by atoms with van der Waals surface area (Å²) in [5.41, 5.74) is 3.55. The quantitative estimate of drug-likeness (QED) is 0.238. The highest BCUT2D eigenvalue weighted by Crippen LogP contribution is 2.45. The minimum atomic E-state index is -0.490. The standard InChI is InChI=1S/C25H17FN2O2S/c1-30-22(29)12-8-16-7-9-18(19(26)15-16)23-27-20-10-11-21(28-24(20)31-23)25(13-14-25)17-5-3-2-4-6-17/h2-15H,1H3. The lowest BCUT2D eigenvalue weighted by Crippen LogP contribution is -2.12. The summed E-state index contributed by atoms with van der Waals surface area (Å²) in [6.45, 7) is 0. The zero-order chi connectivity index (χ0) is 21.4. The molecular weight excluding hydrogens is 411 g/mol. The molecule has 6 heteroatoms. The molecule has 4 nitrogen and oxygen atoms in total. The molecule has 31 heavy (non-hydrogen) atoms. The van der Waals surface area contributed by atoms with Crippen molar-refractivity contribution < 1.29 is 13.9 Å². The molecule has 4 aromatic rings. The summed E-state index contributed by atoms with van der Waals surface area (Å²) in [5.74, 6) is -0.896. The smallest absolute Gasteiger partial charge is 0.330 e. The first-order valence-corrected chi connectivity index (χ1v) is 10.5. The maximum atomic E-state index is 14.8. The van der Waals surface area contributed by atoms with Crippen molar-refractivity contribution in [3.63, 3.8) is 0 Å². The largest absolute Gasteiger partial charge is 0.466 e. The molecule has 5 rings (SSSR count). The van der Waals surface area contributed by atoms with Gasteiger partial charge in [0.1, 0.15) is 21.2 Å². The number of carbonyl (C=O) groups excluding carboxylic acids is 1. The number of esters is 1. The predicted octanol–water partition coefficient (Wildman–Crippen LogP) is 5.54. The zero-order valence-corrected chi connectivity index (χ0v) is 17.4. The van der Waals surface area contributed by atoms with Crippen LogP contribution in [0.15, 0.2) is 78.9 Å². The number of benzene rings is 2. The van der Waals surface area contributed by atoms with Gasteiger partial charge in [0, 0.05) is 11.6 Å². The van der Waals surface area contributed by atoms with E-state index >= 15 is 0 Å². The van der Waals surface area contributed by atoms with E-state index < -0.39 is 11.8 Å². The molecule has 0 spiro atoms. The highest BCUT2D eigenvalue weighted by atomic mass is 32.1. The number of carbonyl (C=O) groups is 1. The number of methoxy groups -OCH3 is 1. The monoisotopic (exact) mass is 428 g/mol. The molecule has 152 valence electrons. The summed E-state index contributed by atoms with van der Waals surface area (Å²) in [6, 6.07) is 18.9. The Bertz CT molecular complexity index is 1350. The van der Waals surface area contributed by atoms with Gasteiger partial charge in [0.05, 0.1) is 18.2 Å². The first-order chi connectivity index (χ1) is 15.1. The molecule has 0 aliphatic heterocycles. The van der Waals surface area contributed by atoms with E-state index in [2.05, 4.69) is 34.0 Å². The Hall–Kier alpha value is -3.64. The molecule has 0 atom stereocenters. The lowest BCUT2D eigenvalue weighted by Gasteiger charge is -2.15. The average Bonchev–Trinajstić information content (AvgIpc) is 3.51. The van der Waals surface area contributed by atoms with E-state index in [4.69, 9.17) is 4.98 Å². The minimum absolute atomic E-state index is 0.265. The van der Waals surface area contributed by atoms with Crippen molar-refractivity contribution in [2.24, 2.45) is 0 Å². The third-order valence-electron chi connectivity index (χ3n) is 5.27. The highest BCUT2D eigenvalue weighted by Gasteiger charge is 2.39. The van der Waals surface area contributed by atoms with Gasteiger partial charge in [-0.05, 0) is 41.5 Å². The summed E-state index contributed by atoms with van der Waals surface area (Å²) in [4.78, 5) is 21.4. The van der Waals surface area contributed by atoms with E-state index in [1.165, 1.54) is 42.2 Å². The van der Waals surface area contributed by atoms with Crippen molar-refractivity contribution in [2.45, 2.75) is 5.41 Å². The number of thiazole rings is 1. The number of halogens is 1. The van der Waals surface area contributed by atoms with Crippen molar-refractivity contribution >= 4 is 33.7 Å². The Morgan fingerprint density at radius 3 is 2.58 bits per heavy atom. The minimum Gasteiger partial charge on any atom is -0.466 e. The van der Waals surface area contributed by atoms with Crippen LogP contribution in [0.25, 0.3) is 27.0 Å². The molecule has 0 N–H and O–H groups in total. The number of hydrogen-bond donors (Lipinski definition) is 0. The fraction of sp³-hybridized carbons (Fsp3) is 0.0800. The molecule has 0 saturated heterocycles. The lowest BCUT2D eigenvalue weighted by molar-refractivity contribution is -0.134. The molecule has 1 aliphatic carbocycles. The van der Waals surface area contributed by atoms with E-state index in [0.29, 0.717) is 16.1 Å². The van der Waals surface area contributed by atoms with Crippen molar-refractivity contribution in [1.29, 1.82) is 0 Å². The molecule has 0 unspecified atom stereocenters. The molecule has 0 radical (unpaired) electrons. The fourth-order valence-corrected chi connectivity index (χ4v) is 4.48. The number of fused-ring (bicyclic) bond motifs is 1. The van der Waals surface area contributed by atoms with E-state index in [0.717, 1.165) is 16.0 Å².